The van der Waals surface area contributed by atoms with Gasteiger partial charge in [-0.15, -0.1) is 11.3 Å². The number of likely N-dealkylation sites (tertiary alicyclic amines) is 2. The van der Waals surface area contributed by atoms with E-state index in [0.29, 0.717) is 13.0 Å². The molecule has 2 aliphatic rings. The number of carbonyl (C=O) groups is 1. The van der Waals surface area contributed by atoms with Gasteiger partial charge in [0.25, 0.3) is 0 Å². The van der Waals surface area contributed by atoms with E-state index in [1.807, 2.05) is 29.7 Å². The Morgan fingerprint density at radius 2 is 2.21 bits per heavy atom. The Bertz CT molecular complexity index is 754. The van der Waals surface area contributed by atoms with E-state index in [1.54, 1.807) is 11.3 Å². The molecule has 0 aromatic carbocycles. The molecule has 1 amide bonds. The Hall–Kier alpha value is -1.73. The summed E-state index contributed by atoms with van der Waals surface area (Å²) in [7, 11) is 1.95. The number of amides is 1. The molecule has 128 valence electrons. The van der Waals surface area contributed by atoms with Gasteiger partial charge in [-0.05, 0) is 19.9 Å². The number of hydrogen-bond acceptors (Lipinski definition) is 5. The first-order valence-corrected chi connectivity index (χ1v) is 9.28. The summed E-state index contributed by atoms with van der Waals surface area (Å²) in [4.78, 5) is 21.4. The van der Waals surface area contributed by atoms with Crippen molar-refractivity contribution in [2.75, 3.05) is 19.6 Å². The predicted octanol–water partition coefficient (Wildman–Crippen LogP) is 1.81. The first kappa shape index (κ1) is 15.8. The third-order valence-electron chi connectivity index (χ3n) is 5.11. The second-order valence-electron chi connectivity index (χ2n) is 7.27. The smallest absolute Gasteiger partial charge is 0.223 e. The number of aryl methyl sites for hydroxylation is 2. The monoisotopic (exact) mass is 345 g/mol. The number of aromatic nitrogens is 3. The highest BCUT2D eigenvalue weighted by atomic mass is 32.1. The van der Waals surface area contributed by atoms with Crippen molar-refractivity contribution < 1.29 is 4.79 Å². The van der Waals surface area contributed by atoms with Crippen LogP contribution in [0.5, 0.6) is 0 Å². The van der Waals surface area contributed by atoms with Gasteiger partial charge in [0.2, 0.25) is 5.91 Å². The van der Waals surface area contributed by atoms with Crippen molar-refractivity contribution in [1.29, 1.82) is 0 Å². The summed E-state index contributed by atoms with van der Waals surface area (Å²) in [5.74, 6) is 0.281. The van der Waals surface area contributed by atoms with Crippen molar-refractivity contribution in [3.05, 3.63) is 34.0 Å². The van der Waals surface area contributed by atoms with Gasteiger partial charge in [0.05, 0.1) is 23.4 Å². The Morgan fingerprint density at radius 1 is 1.33 bits per heavy atom. The van der Waals surface area contributed by atoms with E-state index in [4.69, 9.17) is 0 Å². The molecule has 2 fully saturated rings. The summed E-state index contributed by atoms with van der Waals surface area (Å²) in [6, 6.07) is 0. The molecule has 1 spiro atoms. The minimum absolute atomic E-state index is 0.129. The van der Waals surface area contributed by atoms with Crippen LogP contribution >= 0.6 is 11.3 Å². The van der Waals surface area contributed by atoms with E-state index in [0.717, 1.165) is 43.3 Å². The van der Waals surface area contributed by atoms with Crippen LogP contribution in [0.2, 0.25) is 0 Å². The minimum Gasteiger partial charge on any atom is -0.336 e. The van der Waals surface area contributed by atoms with Gasteiger partial charge in [-0.1, -0.05) is 0 Å². The second-order valence-corrected chi connectivity index (χ2v) is 8.33. The van der Waals surface area contributed by atoms with Crippen LogP contribution in [-0.2, 0) is 24.9 Å². The molecule has 1 atom stereocenters. The zero-order valence-electron chi connectivity index (χ0n) is 14.2. The average Bonchev–Trinajstić information content (AvgIpc) is 3.26. The first-order valence-electron chi connectivity index (χ1n) is 8.40. The summed E-state index contributed by atoms with van der Waals surface area (Å²) < 4.78 is 1.85. The topological polar surface area (TPSA) is 54.3 Å². The normalized spacial score (nSPS) is 24.6. The Morgan fingerprint density at radius 3 is 2.92 bits per heavy atom. The molecule has 4 heterocycles. The molecule has 0 N–H and O–H groups in total. The largest absolute Gasteiger partial charge is 0.336 e. The maximum absolute atomic E-state index is 12.5. The van der Waals surface area contributed by atoms with E-state index in [-0.39, 0.29) is 11.3 Å². The minimum atomic E-state index is 0.129. The molecule has 0 saturated carbocycles. The molecular formula is C17H23N5OS. The van der Waals surface area contributed by atoms with Gasteiger partial charge in [-0.2, -0.15) is 5.10 Å². The summed E-state index contributed by atoms with van der Waals surface area (Å²) in [6.45, 7) is 6.52. The maximum Gasteiger partial charge on any atom is 0.223 e. The van der Waals surface area contributed by atoms with E-state index >= 15 is 0 Å². The van der Waals surface area contributed by atoms with Crippen molar-refractivity contribution in [3.63, 3.8) is 0 Å². The maximum atomic E-state index is 12.5. The Kier molecular flexibility index (Phi) is 3.92. The average molecular weight is 345 g/mol. The summed E-state index contributed by atoms with van der Waals surface area (Å²) in [6.07, 6.45) is 5.79. The number of thiazole rings is 1. The molecule has 2 aliphatic heterocycles. The third-order valence-corrected chi connectivity index (χ3v) is 5.93. The summed E-state index contributed by atoms with van der Waals surface area (Å²) >= 11 is 1.65. The van der Waals surface area contributed by atoms with E-state index in [2.05, 4.69) is 26.6 Å². The van der Waals surface area contributed by atoms with Gasteiger partial charge in [0.15, 0.2) is 0 Å². The standard InChI is InChI=1S/C17H23N5OS/c1-13-19-15(10-24-13)9-22-12-17(5-16(22)23)3-4-21(11-17)8-14-6-18-20(2)7-14/h6-7,10H,3-5,8-9,11-12H2,1-2H3/t17-/m1/s1. The molecule has 24 heavy (non-hydrogen) atoms. The molecule has 6 nitrogen and oxygen atoms in total. The highest BCUT2D eigenvalue weighted by Crippen LogP contribution is 2.41. The van der Waals surface area contributed by atoms with Gasteiger partial charge in [-0.3, -0.25) is 14.4 Å². The molecule has 0 unspecified atom stereocenters. The molecule has 2 aromatic heterocycles. The van der Waals surface area contributed by atoms with Crippen LogP contribution in [0.4, 0.5) is 0 Å². The van der Waals surface area contributed by atoms with E-state index < -0.39 is 0 Å². The van der Waals surface area contributed by atoms with Crippen LogP contribution in [0, 0.1) is 12.3 Å². The van der Waals surface area contributed by atoms with Gasteiger partial charge in [0.1, 0.15) is 0 Å². The van der Waals surface area contributed by atoms with Crippen molar-refractivity contribution >= 4 is 17.2 Å². The molecule has 2 aromatic rings. The fraction of sp³-hybridized carbons (Fsp3) is 0.588. The lowest BCUT2D eigenvalue weighted by molar-refractivity contribution is -0.128. The quantitative estimate of drug-likeness (QED) is 0.848. The molecule has 0 aliphatic carbocycles. The predicted molar refractivity (Wildman–Crippen MR) is 92.4 cm³/mol. The number of hydrogen-bond donors (Lipinski definition) is 0. The highest BCUT2D eigenvalue weighted by Gasteiger charge is 2.47. The van der Waals surface area contributed by atoms with Gasteiger partial charge >= 0.3 is 0 Å². The molecule has 2 saturated heterocycles. The molecule has 0 radical (unpaired) electrons. The first-order chi connectivity index (χ1) is 11.5. The van der Waals surface area contributed by atoms with Crippen LogP contribution in [0.3, 0.4) is 0 Å². The van der Waals surface area contributed by atoms with Crippen LogP contribution in [-0.4, -0.2) is 50.1 Å². The van der Waals surface area contributed by atoms with Gasteiger partial charge in [-0.25, -0.2) is 4.98 Å². The van der Waals surface area contributed by atoms with Crippen LogP contribution in [0.1, 0.15) is 29.1 Å². The van der Waals surface area contributed by atoms with Crippen molar-refractivity contribution in [3.8, 4) is 0 Å². The zero-order chi connectivity index (χ0) is 16.7. The Balaban J connectivity index is 1.39. The summed E-state index contributed by atoms with van der Waals surface area (Å²) in [5.41, 5.74) is 2.39. The number of carbonyl (C=O) groups excluding carboxylic acids is 1. The Labute approximate surface area is 146 Å². The van der Waals surface area contributed by atoms with E-state index in [1.165, 1.54) is 5.56 Å². The molecule has 0 bridgehead atoms. The van der Waals surface area contributed by atoms with Crippen LogP contribution in [0.15, 0.2) is 17.8 Å². The molecule has 7 heteroatoms. The number of nitrogens with zero attached hydrogens (tertiary/aromatic N) is 5. The van der Waals surface area contributed by atoms with Gasteiger partial charge < -0.3 is 4.90 Å². The number of rotatable bonds is 4. The highest BCUT2D eigenvalue weighted by molar-refractivity contribution is 7.09. The van der Waals surface area contributed by atoms with Crippen LogP contribution < -0.4 is 0 Å². The molecule has 4 rings (SSSR count). The van der Waals surface area contributed by atoms with Crippen molar-refractivity contribution in [2.45, 2.75) is 32.9 Å². The lowest BCUT2D eigenvalue weighted by atomic mass is 9.86. The van der Waals surface area contributed by atoms with Crippen molar-refractivity contribution in [1.82, 2.24) is 24.6 Å². The second kappa shape index (κ2) is 5.97. The third kappa shape index (κ3) is 3.10. The lowest BCUT2D eigenvalue weighted by Crippen LogP contribution is -2.31. The molecular weight excluding hydrogens is 322 g/mol. The summed E-state index contributed by atoms with van der Waals surface area (Å²) in [5, 5.41) is 7.37. The zero-order valence-corrected chi connectivity index (χ0v) is 15.1. The fourth-order valence-corrected chi connectivity index (χ4v) is 4.65. The SMILES string of the molecule is Cc1nc(CN2C[C@]3(CCN(Cc4cnn(C)c4)C3)CC2=O)cs1. The van der Waals surface area contributed by atoms with E-state index in [9.17, 15) is 4.79 Å². The fourth-order valence-electron chi connectivity index (χ4n) is 4.05. The van der Waals surface area contributed by atoms with Gasteiger partial charge in [0, 0.05) is 55.7 Å². The van der Waals surface area contributed by atoms with Crippen molar-refractivity contribution in [2.24, 2.45) is 12.5 Å². The van der Waals surface area contributed by atoms with Crippen LogP contribution in [0.25, 0.3) is 0 Å². The lowest BCUT2D eigenvalue weighted by Gasteiger charge is -2.24.